The molecule has 0 bridgehead atoms. The highest BCUT2D eigenvalue weighted by Gasteiger charge is 2.21. The molecule has 11 heteroatoms. The molecule has 3 aromatic rings. The van der Waals surface area contributed by atoms with Crippen molar-refractivity contribution >= 4 is 38.6 Å². The van der Waals surface area contributed by atoms with E-state index in [9.17, 15) is 13.5 Å². The van der Waals surface area contributed by atoms with Crippen LogP contribution in [0.15, 0.2) is 35.5 Å². The molecule has 0 radical (unpaired) electrons. The van der Waals surface area contributed by atoms with Gasteiger partial charge in [0.1, 0.15) is 0 Å². The van der Waals surface area contributed by atoms with Crippen LogP contribution in [0.4, 0.5) is 17.5 Å². The molecule has 0 saturated heterocycles. The Balaban J connectivity index is 1.43. The predicted molar refractivity (Wildman–Crippen MR) is 151 cm³/mol. The van der Waals surface area contributed by atoms with Crippen molar-refractivity contribution in [2.45, 2.75) is 102 Å². The molecule has 1 aromatic carbocycles. The second-order valence-electron chi connectivity index (χ2n) is 10.1. The van der Waals surface area contributed by atoms with Gasteiger partial charge in [0.2, 0.25) is 16.0 Å². The van der Waals surface area contributed by atoms with Crippen molar-refractivity contribution in [3.8, 4) is 0 Å². The Morgan fingerprint density at radius 2 is 1.68 bits per heavy atom. The van der Waals surface area contributed by atoms with Crippen LogP contribution < -0.4 is 15.4 Å². The summed E-state index contributed by atoms with van der Waals surface area (Å²) < 4.78 is 30.1. The molecule has 1 aliphatic carbocycles. The number of anilines is 3. The van der Waals surface area contributed by atoms with Crippen LogP contribution in [-0.4, -0.2) is 51.7 Å². The third kappa shape index (κ3) is 7.42. The Bertz CT molecular complexity index is 1270. The van der Waals surface area contributed by atoms with Crippen LogP contribution in [0.5, 0.6) is 0 Å². The van der Waals surface area contributed by atoms with Crippen molar-refractivity contribution in [3.05, 3.63) is 30.6 Å². The summed E-state index contributed by atoms with van der Waals surface area (Å²) >= 11 is 0. The Morgan fingerprint density at radius 3 is 2.39 bits per heavy atom. The fraction of sp³-hybridized carbons (Fsp3) is 0.593. The molecule has 4 N–H and O–H groups in total. The third-order valence-corrected chi connectivity index (χ3v) is 8.56. The molecule has 1 fully saturated rings. The molecule has 0 amide bonds. The fourth-order valence-electron chi connectivity index (χ4n) is 4.78. The Morgan fingerprint density at radius 1 is 0.974 bits per heavy atom. The van der Waals surface area contributed by atoms with E-state index in [1.54, 1.807) is 30.6 Å². The summed E-state index contributed by atoms with van der Waals surface area (Å²) in [7, 11) is -3.56. The smallest absolute Gasteiger partial charge is 0.240 e. The lowest BCUT2D eigenvalue weighted by atomic mass is 9.93. The lowest BCUT2D eigenvalue weighted by Gasteiger charge is -2.26. The highest BCUT2D eigenvalue weighted by molar-refractivity contribution is 7.89. The van der Waals surface area contributed by atoms with E-state index in [1.165, 1.54) is 19.3 Å². The molecule has 208 valence electrons. The van der Waals surface area contributed by atoms with Crippen molar-refractivity contribution in [3.63, 3.8) is 0 Å². The SMILES string of the molecule is CCCCCCCCNS(=O)(=O)c1ccc(Nc2nc(N[C@H]3CC[C@H](O)CC3)nc3c2ncn3CC)cc1. The zero-order valence-corrected chi connectivity index (χ0v) is 23.3. The zero-order chi connectivity index (χ0) is 27.0. The van der Waals surface area contributed by atoms with E-state index in [2.05, 4.69) is 27.3 Å². The highest BCUT2D eigenvalue weighted by atomic mass is 32.2. The maximum atomic E-state index is 12.7. The van der Waals surface area contributed by atoms with Gasteiger partial charge in [-0.15, -0.1) is 0 Å². The topological polar surface area (TPSA) is 134 Å². The first-order valence-corrected chi connectivity index (χ1v) is 15.4. The molecule has 10 nitrogen and oxygen atoms in total. The lowest BCUT2D eigenvalue weighted by Crippen LogP contribution is -2.29. The summed E-state index contributed by atoms with van der Waals surface area (Å²) in [6.07, 6.45) is 11.4. The zero-order valence-electron chi connectivity index (χ0n) is 22.5. The van der Waals surface area contributed by atoms with Crippen LogP contribution in [0, 0.1) is 0 Å². The molecule has 1 saturated carbocycles. The first-order chi connectivity index (χ1) is 18.4. The van der Waals surface area contributed by atoms with E-state index < -0.39 is 10.0 Å². The maximum absolute atomic E-state index is 12.7. The Hall–Kier alpha value is -2.76. The van der Waals surface area contributed by atoms with Gasteiger partial charge in [-0.05, 0) is 63.3 Å². The van der Waals surface area contributed by atoms with Gasteiger partial charge in [-0.3, -0.25) is 0 Å². The number of sulfonamides is 1. The number of aliphatic hydroxyl groups excluding tert-OH is 1. The number of hydrogen-bond donors (Lipinski definition) is 4. The van der Waals surface area contributed by atoms with E-state index in [-0.39, 0.29) is 17.0 Å². The van der Waals surface area contributed by atoms with Gasteiger partial charge in [0.25, 0.3) is 0 Å². The van der Waals surface area contributed by atoms with Gasteiger partial charge < -0.3 is 20.3 Å². The van der Waals surface area contributed by atoms with Crippen LogP contribution in [0.2, 0.25) is 0 Å². The number of unbranched alkanes of at least 4 members (excludes halogenated alkanes) is 5. The number of nitrogens with zero attached hydrogens (tertiary/aromatic N) is 4. The largest absolute Gasteiger partial charge is 0.393 e. The van der Waals surface area contributed by atoms with Gasteiger partial charge >= 0.3 is 0 Å². The van der Waals surface area contributed by atoms with E-state index in [1.807, 2.05) is 11.5 Å². The van der Waals surface area contributed by atoms with E-state index in [0.717, 1.165) is 57.1 Å². The van der Waals surface area contributed by atoms with Crippen molar-refractivity contribution in [1.29, 1.82) is 0 Å². The Kier molecular flexibility index (Phi) is 9.92. The number of nitrogens with one attached hydrogen (secondary N) is 3. The second-order valence-corrected chi connectivity index (χ2v) is 11.8. The fourth-order valence-corrected chi connectivity index (χ4v) is 5.85. The standard InChI is InChI=1S/C27H41N7O3S/c1-3-5-6-7-8-9-18-29-38(36,37)23-16-12-20(13-17-23)30-25-24-26(34(4-2)19-28-24)33-27(32-25)31-21-10-14-22(35)15-11-21/h12-13,16-17,19,21-22,29,35H,3-11,14-15,18H2,1-2H3,(H2,30,31,32,33)/t21-,22-. The quantitative estimate of drug-likeness (QED) is 0.210. The van der Waals surface area contributed by atoms with E-state index in [0.29, 0.717) is 29.5 Å². The monoisotopic (exact) mass is 543 g/mol. The molecule has 0 aliphatic heterocycles. The maximum Gasteiger partial charge on any atom is 0.240 e. The average Bonchev–Trinajstić information content (AvgIpc) is 3.33. The van der Waals surface area contributed by atoms with Crippen LogP contribution in [0.3, 0.4) is 0 Å². The summed E-state index contributed by atoms with van der Waals surface area (Å²) in [5, 5.41) is 16.5. The van der Waals surface area contributed by atoms with Crippen molar-refractivity contribution in [2.24, 2.45) is 0 Å². The minimum absolute atomic E-state index is 0.204. The van der Waals surface area contributed by atoms with Crippen LogP contribution in [-0.2, 0) is 16.6 Å². The minimum Gasteiger partial charge on any atom is -0.393 e. The number of hydrogen-bond acceptors (Lipinski definition) is 8. The van der Waals surface area contributed by atoms with Gasteiger partial charge in [0, 0.05) is 24.8 Å². The number of aromatic nitrogens is 4. The van der Waals surface area contributed by atoms with Gasteiger partial charge in [-0.2, -0.15) is 9.97 Å². The van der Waals surface area contributed by atoms with Gasteiger partial charge in [-0.25, -0.2) is 18.1 Å². The first-order valence-electron chi connectivity index (χ1n) is 13.9. The number of fused-ring (bicyclic) bond motifs is 1. The molecule has 2 aromatic heterocycles. The Labute approximate surface area is 225 Å². The van der Waals surface area contributed by atoms with E-state index in [4.69, 9.17) is 9.97 Å². The number of aliphatic hydroxyl groups is 1. The van der Waals surface area contributed by atoms with E-state index >= 15 is 0 Å². The molecular weight excluding hydrogens is 502 g/mol. The molecule has 38 heavy (non-hydrogen) atoms. The molecule has 0 spiro atoms. The van der Waals surface area contributed by atoms with Crippen LogP contribution >= 0.6 is 0 Å². The van der Waals surface area contributed by atoms with Crippen molar-refractivity contribution in [1.82, 2.24) is 24.2 Å². The first kappa shape index (κ1) is 28.3. The van der Waals surface area contributed by atoms with Crippen molar-refractivity contribution < 1.29 is 13.5 Å². The third-order valence-electron chi connectivity index (χ3n) is 7.08. The molecule has 2 heterocycles. The van der Waals surface area contributed by atoms with Crippen LogP contribution in [0.25, 0.3) is 11.2 Å². The predicted octanol–water partition coefficient (Wildman–Crippen LogP) is 4.94. The van der Waals surface area contributed by atoms with Gasteiger partial charge in [-0.1, -0.05) is 39.0 Å². The molecule has 0 atom stereocenters. The van der Waals surface area contributed by atoms with Crippen LogP contribution in [0.1, 0.15) is 78.1 Å². The van der Waals surface area contributed by atoms with Crippen molar-refractivity contribution in [2.75, 3.05) is 17.2 Å². The summed E-state index contributed by atoms with van der Waals surface area (Å²) in [5.41, 5.74) is 2.08. The number of aryl methyl sites for hydroxylation is 1. The molecule has 1 aliphatic rings. The molecular formula is C27H41N7O3S. The lowest BCUT2D eigenvalue weighted by molar-refractivity contribution is 0.126. The molecule has 4 rings (SSSR count). The summed E-state index contributed by atoms with van der Waals surface area (Å²) in [4.78, 5) is 14.2. The number of imidazole rings is 1. The minimum atomic E-state index is -3.56. The number of rotatable bonds is 14. The summed E-state index contributed by atoms with van der Waals surface area (Å²) in [6, 6.07) is 6.87. The second kappa shape index (κ2) is 13.3. The van der Waals surface area contributed by atoms with Gasteiger partial charge in [0.05, 0.1) is 17.3 Å². The summed E-state index contributed by atoms with van der Waals surface area (Å²) in [5.74, 6) is 1.06. The average molecular weight is 544 g/mol. The molecule has 0 unspecified atom stereocenters. The number of benzene rings is 1. The van der Waals surface area contributed by atoms with Gasteiger partial charge in [0.15, 0.2) is 17.0 Å². The summed E-state index contributed by atoms with van der Waals surface area (Å²) in [6.45, 7) is 5.39. The highest BCUT2D eigenvalue weighted by Crippen LogP contribution is 2.27. The normalized spacial score (nSPS) is 18.1.